The molecule has 0 aliphatic rings. The van der Waals surface area contributed by atoms with Crippen LogP contribution in [0, 0.1) is 6.92 Å². The van der Waals surface area contributed by atoms with Crippen LogP contribution in [0.25, 0.3) is 33.4 Å². The van der Waals surface area contributed by atoms with Gasteiger partial charge in [0.25, 0.3) is 0 Å². The summed E-state index contributed by atoms with van der Waals surface area (Å²) in [5, 5.41) is 0. The van der Waals surface area contributed by atoms with Crippen LogP contribution in [-0.2, 0) is 0 Å². The summed E-state index contributed by atoms with van der Waals surface area (Å²) in [7, 11) is 0. The number of hydrogen-bond donors (Lipinski definition) is 0. The van der Waals surface area contributed by atoms with Gasteiger partial charge in [0.05, 0.1) is 0 Å². The Morgan fingerprint density at radius 1 is 0.429 bits per heavy atom. The molecule has 0 heteroatoms. The molecule has 0 spiro atoms. The zero-order valence-corrected chi connectivity index (χ0v) is 17.0. The smallest absolute Gasteiger partial charge is 0.0178 e. The van der Waals surface area contributed by atoms with Crippen LogP contribution in [0.1, 0.15) is 25.8 Å². The lowest BCUT2D eigenvalue weighted by atomic mass is 9.96. The maximum Gasteiger partial charge on any atom is -0.0178 e. The maximum absolute atomic E-state index is 2.28. The molecular formula is C28H28. The van der Waals surface area contributed by atoms with Crippen LogP contribution in [0.4, 0.5) is 0 Å². The van der Waals surface area contributed by atoms with Crippen LogP contribution >= 0.6 is 0 Å². The van der Waals surface area contributed by atoms with Crippen LogP contribution in [-0.4, -0.2) is 0 Å². The Morgan fingerprint density at radius 2 is 0.786 bits per heavy atom. The van der Waals surface area contributed by atoms with E-state index in [-0.39, 0.29) is 0 Å². The molecular weight excluding hydrogens is 336 g/mol. The summed E-state index contributed by atoms with van der Waals surface area (Å²) in [6.45, 7) is 6.39. The van der Waals surface area contributed by atoms with E-state index in [1.807, 2.05) is 0 Å². The van der Waals surface area contributed by atoms with Gasteiger partial charge in [-0.25, -0.2) is 0 Å². The van der Waals surface area contributed by atoms with Crippen molar-refractivity contribution >= 4 is 0 Å². The van der Waals surface area contributed by atoms with E-state index >= 15 is 0 Å². The van der Waals surface area contributed by atoms with E-state index in [4.69, 9.17) is 0 Å². The van der Waals surface area contributed by atoms with E-state index in [0.29, 0.717) is 0 Å². The fourth-order valence-corrected chi connectivity index (χ4v) is 3.21. The van der Waals surface area contributed by atoms with Crippen LogP contribution in [0.2, 0.25) is 0 Å². The number of rotatable bonds is 3. The summed E-state index contributed by atoms with van der Waals surface area (Å²) in [5.74, 6) is 0. The Bertz CT molecular complexity index is 1010. The summed E-state index contributed by atoms with van der Waals surface area (Å²) in [6, 6.07) is 36.7. The van der Waals surface area contributed by atoms with Crippen molar-refractivity contribution in [3.05, 3.63) is 109 Å². The average Bonchev–Trinajstić information content (AvgIpc) is 2.75. The molecule has 0 radical (unpaired) electrons. The molecule has 0 saturated carbocycles. The minimum Gasteiger partial charge on any atom is -0.0656 e. The Hall–Kier alpha value is -3.12. The van der Waals surface area contributed by atoms with Crippen LogP contribution in [0.3, 0.4) is 0 Å². The standard InChI is InChI=1S/C25H20.C3H8/c1-19-8-5-11-21(16-19)23-13-7-15-25(18-23)24-14-6-12-22(17-24)20-9-3-2-4-10-20;1-3-2/h2-18H,1H3;3H2,1-2H3. The zero-order chi connectivity index (χ0) is 19.8. The number of hydrogen-bond acceptors (Lipinski definition) is 0. The fraction of sp³-hybridized carbons (Fsp3) is 0.143. The summed E-state index contributed by atoms with van der Waals surface area (Å²) in [4.78, 5) is 0. The van der Waals surface area contributed by atoms with Gasteiger partial charge in [-0.05, 0) is 52.4 Å². The quantitative estimate of drug-likeness (QED) is 0.342. The highest BCUT2D eigenvalue weighted by atomic mass is 14.1. The molecule has 0 N–H and O–H groups in total. The lowest BCUT2D eigenvalue weighted by Crippen LogP contribution is -1.84. The lowest BCUT2D eigenvalue weighted by molar-refractivity contribution is 1.09. The van der Waals surface area contributed by atoms with Gasteiger partial charge in [-0.2, -0.15) is 0 Å². The third-order valence-corrected chi connectivity index (χ3v) is 4.52. The van der Waals surface area contributed by atoms with Gasteiger partial charge in [0.1, 0.15) is 0 Å². The SMILES string of the molecule is CCC.Cc1cccc(-c2cccc(-c3cccc(-c4ccccc4)c3)c2)c1. The first kappa shape index (κ1) is 19.6. The van der Waals surface area contributed by atoms with Crippen molar-refractivity contribution in [2.45, 2.75) is 27.2 Å². The topological polar surface area (TPSA) is 0 Å². The Balaban J connectivity index is 0.000000706. The molecule has 0 aromatic heterocycles. The van der Waals surface area contributed by atoms with Crippen molar-refractivity contribution in [3.63, 3.8) is 0 Å². The molecule has 0 unspecified atom stereocenters. The van der Waals surface area contributed by atoms with Crippen molar-refractivity contribution < 1.29 is 0 Å². The normalized spacial score (nSPS) is 10.1. The van der Waals surface area contributed by atoms with E-state index in [1.54, 1.807) is 0 Å². The summed E-state index contributed by atoms with van der Waals surface area (Å²) in [5.41, 5.74) is 8.80. The van der Waals surface area contributed by atoms with Gasteiger partial charge in [-0.1, -0.05) is 117 Å². The van der Waals surface area contributed by atoms with Crippen LogP contribution in [0.15, 0.2) is 103 Å². The van der Waals surface area contributed by atoms with Gasteiger partial charge in [-0.3, -0.25) is 0 Å². The van der Waals surface area contributed by atoms with Crippen LogP contribution in [0.5, 0.6) is 0 Å². The molecule has 4 aromatic rings. The molecule has 0 amide bonds. The fourth-order valence-electron chi connectivity index (χ4n) is 3.21. The first-order valence-electron chi connectivity index (χ1n) is 10.0. The second kappa shape index (κ2) is 9.71. The summed E-state index contributed by atoms with van der Waals surface area (Å²) in [6.07, 6.45) is 1.25. The van der Waals surface area contributed by atoms with Gasteiger partial charge < -0.3 is 0 Å². The number of benzene rings is 4. The van der Waals surface area contributed by atoms with Crippen molar-refractivity contribution in [1.29, 1.82) is 0 Å². The highest BCUT2D eigenvalue weighted by molar-refractivity contribution is 5.77. The minimum absolute atomic E-state index is 1.25. The van der Waals surface area contributed by atoms with E-state index in [9.17, 15) is 0 Å². The van der Waals surface area contributed by atoms with Gasteiger partial charge in [0.2, 0.25) is 0 Å². The third kappa shape index (κ3) is 4.98. The number of aryl methyl sites for hydroxylation is 1. The molecule has 0 aliphatic heterocycles. The van der Waals surface area contributed by atoms with Crippen LogP contribution < -0.4 is 0 Å². The van der Waals surface area contributed by atoms with Gasteiger partial charge in [0, 0.05) is 0 Å². The van der Waals surface area contributed by atoms with Gasteiger partial charge >= 0.3 is 0 Å². The van der Waals surface area contributed by atoms with E-state index < -0.39 is 0 Å². The Kier molecular flexibility index (Phi) is 6.81. The molecule has 0 bridgehead atoms. The first-order valence-corrected chi connectivity index (χ1v) is 10.0. The molecule has 0 saturated heterocycles. The maximum atomic E-state index is 2.28. The highest BCUT2D eigenvalue weighted by Gasteiger charge is 2.04. The predicted octanol–water partition coefficient (Wildman–Crippen LogP) is 8.41. The molecule has 4 aromatic carbocycles. The predicted molar refractivity (Wildman–Crippen MR) is 123 cm³/mol. The van der Waals surface area contributed by atoms with Crippen molar-refractivity contribution in [2.75, 3.05) is 0 Å². The van der Waals surface area contributed by atoms with E-state index in [2.05, 4.69) is 124 Å². The Labute approximate surface area is 169 Å². The molecule has 0 atom stereocenters. The molecule has 28 heavy (non-hydrogen) atoms. The molecule has 0 fully saturated rings. The van der Waals surface area contributed by atoms with Gasteiger partial charge in [0.15, 0.2) is 0 Å². The van der Waals surface area contributed by atoms with Crippen molar-refractivity contribution in [3.8, 4) is 33.4 Å². The van der Waals surface area contributed by atoms with E-state index in [0.717, 1.165) is 0 Å². The highest BCUT2D eigenvalue weighted by Crippen LogP contribution is 2.29. The summed E-state index contributed by atoms with van der Waals surface area (Å²) >= 11 is 0. The lowest BCUT2D eigenvalue weighted by Gasteiger charge is -2.09. The zero-order valence-electron chi connectivity index (χ0n) is 17.0. The second-order valence-corrected chi connectivity index (χ2v) is 7.10. The molecule has 0 nitrogen and oxygen atoms in total. The molecule has 0 aliphatic carbocycles. The van der Waals surface area contributed by atoms with Crippen molar-refractivity contribution in [2.24, 2.45) is 0 Å². The Morgan fingerprint density at radius 3 is 1.25 bits per heavy atom. The largest absolute Gasteiger partial charge is 0.0656 e. The second-order valence-electron chi connectivity index (χ2n) is 7.10. The third-order valence-electron chi connectivity index (χ3n) is 4.52. The average molecular weight is 365 g/mol. The molecule has 140 valence electrons. The molecule has 0 heterocycles. The monoisotopic (exact) mass is 364 g/mol. The molecule has 4 rings (SSSR count). The summed E-state index contributed by atoms with van der Waals surface area (Å²) < 4.78 is 0. The van der Waals surface area contributed by atoms with Crippen molar-refractivity contribution in [1.82, 2.24) is 0 Å². The van der Waals surface area contributed by atoms with Gasteiger partial charge in [-0.15, -0.1) is 0 Å². The minimum atomic E-state index is 1.25. The van der Waals surface area contributed by atoms with E-state index in [1.165, 1.54) is 45.4 Å². The first-order chi connectivity index (χ1) is 13.7.